The van der Waals surface area contributed by atoms with Crippen molar-refractivity contribution in [2.24, 2.45) is 0 Å². The van der Waals surface area contributed by atoms with E-state index in [0.29, 0.717) is 61.0 Å². The molecule has 2 aromatic carbocycles. The van der Waals surface area contributed by atoms with Crippen molar-refractivity contribution in [2.45, 2.75) is 0 Å². The van der Waals surface area contributed by atoms with E-state index < -0.39 is 0 Å². The minimum absolute atomic E-state index is 0.320. The van der Waals surface area contributed by atoms with Gasteiger partial charge in [-0.3, -0.25) is 14.2 Å². The lowest BCUT2D eigenvalue weighted by molar-refractivity contribution is -0.111. The molecule has 0 saturated heterocycles. The first-order valence-electron chi connectivity index (χ1n) is 14.0. The van der Waals surface area contributed by atoms with Crippen molar-refractivity contribution >= 4 is 57.0 Å². The molecule has 0 radical (unpaired) electrons. The standard InChI is InChI=1S/C33H34Cl2N6O4/c1-8-29(42)38-23-14-20(26(43-5)16-25(23)40(4)12-11-39(2)3)22-15-24-19(18-37-22)13-21(33-36-9-10-41(24)33)30-31(34)27(44-6)17-28(45-7)32(30)35/h8-10,13-18H,1,11-12H2,2-7H3,(H,38,42). The maximum absolute atomic E-state index is 12.4. The van der Waals surface area contributed by atoms with Gasteiger partial charge in [0.25, 0.3) is 0 Å². The first-order chi connectivity index (χ1) is 21.6. The second kappa shape index (κ2) is 13.2. The summed E-state index contributed by atoms with van der Waals surface area (Å²) in [6.45, 7) is 5.17. The second-order valence-corrected chi connectivity index (χ2v) is 11.3. The summed E-state index contributed by atoms with van der Waals surface area (Å²) in [4.78, 5) is 26.1. The Balaban J connectivity index is 1.70. The number of aromatic nitrogens is 3. The van der Waals surface area contributed by atoms with Crippen LogP contribution in [0, 0.1) is 0 Å². The molecule has 3 aromatic heterocycles. The summed E-state index contributed by atoms with van der Waals surface area (Å²) in [6.07, 6.45) is 6.58. The topological polar surface area (TPSA) is 93.5 Å². The molecule has 3 heterocycles. The number of hydrogen-bond acceptors (Lipinski definition) is 8. The van der Waals surface area contributed by atoms with E-state index in [-0.39, 0.29) is 5.91 Å². The molecular formula is C33H34Cl2N6O4. The van der Waals surface area contributed by atoms with Crippen molar-refractivity contribution < 1.29 is 19.0 Å². The van der Waals surface area contributed by atoms with Crippen molar-refractivity contribution in [3.05, 3.63) is 71.6 Å². The predicted octanol–water partition coefficient (Wildman–Crippen LogP) is 6.67. The number of imidazole rings is 1. The fourth-order valence-electron chi connectivity index (χ4n) is 5.15. The van der Waals surface area contributed by atoms with Gasteiger partial charge in [0.2, 0.25) is 5.91 Å². The maximum Gasteiger partial charge on any atom is 0.247 e. The lowest BCUT2D eigenvalue weighted by Gasteiger charge is -2.25. The molecule has 0 unspecified atom stereocenters. The van der Waals surface area contributed by atoms with Crippen molar-refractivity contribution in [2.75, 3.05) is 65.8 Å². The van der Waals surface area contributed by atoms with Crippen molar-refractivity contribution in [3.63, 3.8) is 0 Å². The molecular weight excluding hydrogens is 615 g/mol. The lowest BCUT2D eigenvalue weighted by atomic mass is 10.0. The van der Waals surface area contributed by atoms with Gasteiger partial charge in [0.15, 0.2) is 0 Å². The fourth-order valence-corrected chi connectivity index (χ4v) is 5.86. The van der Waals surface area contributed by atoms with Crippen LogP contribution in [0.4, 0.5) is 11.4 Å². The number of nitrogens with one attached hydrogen (secondary N) is 1. The number of carbonyl (C=O) groups excluding carboxylic acids is 1. The molecule has 0 bridgehead atoms. The third-order valence-electron chi connectivity index (χ3n) is 7.53. The summed E-state index contributed by atoms with van der Waals surface area (Å²) in [7, 11) is 10.7. The third kappa shape index (κ3) is 6.09. The van der Waals surface area contributed by atoms with Crippen LogP contribution < -0.4 is 24.4 Å². The quantitative estimate of drug-likeness (QED) is 0.159. The van der Waals surface area contributed by atoms with Crippen molar-refractivity contribution in [3.8, 4) is 39.6 Å². The van der Waals surface area contributed by atoms with E-state index in [4.69, 9.17) is 42.4 Å². The largest absolute Gasteiger partial charge is 0.496 e. The van der Waals surface area contributed by atoms with E-state index in [1.165, 1.54) is 20.3 Å². The number of anilines is 2. The van der Waals surface area contributed by atoms with Crippen LogP contribution in [0.25, 0.3) is 38.9 Å². The van der Waals surface area contributed by atoms with Crippen molar-refractivity contribution in [1.29, 1.82) is 0 Å². The number of amides is 1. The minimum Gasteiger partial charge on any atom is -0.496 e. The molecule has 0 fully saturated rings. The number of ether oxygens (including phenoxy) is 3. The van der Waals surface area contributed by atoms with Crippen LogP contribution in [-0.4, -0.2) is 80.7 Å². The minimum atomic E-state index is -0.320. The molecule has 0 aliphatic heterocycles. The van der Waals surface area contributed by atoms with E-state index in [2.05, 4.69) is 26.7 Å². The Hall–Kier alpha value is -4.51. The molecule has 45 heavy (non-hydrogen) atoms. The zero-order valence-electron chi connectivity index (χ0n) is 25.9. The second-order valence-electron chi connectivity index (χ2n) is 10.6. The van der Waals surface area contributed by atoms with Crippen LogP contribution >= 0.6 is 23.2 Å². The van der Waals surface area contributed by atoms with E-state index >= 15 is 0 Å². The van der Waals surface area contributed by atoms with Gasteiger partial charge in [-0.25, -0.2) is 4.98 Å². The average molecular weight is 650 g/mol. The number of rotatable bonds is 11. The Bertz CT molecular complexity index is 1900. The summed E-state index contributed by atoms with van der Waals surface area (Å²) in [5.41, 5.74) is 5.44. The molecule has 1 N–H and O–H groups in total. The fraction of sp³-hybridized carbons (Fsp3) is 0.242. The molecule has 0 saturated carbocycles. The number of methoxy groups -OCH3 is 3. The molecule has 234 valence electrons. The van der Waals surface area contributed by atoms with Crippen LogP contribution in [-0.2, 0) is 4.79 Å². The highest BCUT2D eigenvalue weighted by atomic mass is 35.5. The number of benzene rings is 2. The molecule has 12 heteroatoms. The van der Waals surface area contributed by atoms with E-state index in [9.17, 15) is 4.79 Å². The summed E-state index contributed by atoms with van der Waals surface area (Å²) >= 11 is 13.6. The monoisotopic (exact) mass is 648 g/mol. The highest BCUT2D eigenvalue weighted by Gasteiger charge is 2.23. The zero-order chi connectivity index (χ0) is 32.4. The molecule has 0 aliphatic carbocycles. The van der Waals surface area contributed by atoms with Crippen LogP contribution in [0.5, 0.6) is 17.2 Å². The van der Waals surface area contributed by atoms with Gasteiger partial charge < -0.3 is 29.3 Å². The van der Waals surface area contributed by atoms with Crippen molar-refractivity contribution in [1.82, 2.24) is 19.3 Å². The Morgan fingerprint density at radius 3 is 2.24 bits per heavy atom. The molecule has 5 rings (SSSR count). The number of fused-ring (bicyclic) bond motifs is 3. The first kappa shape index (κ1) is 31.9. The van der Waals surface area contributed by atoms with Gasteiger partial charge in [-0.15, -0.1) is 0 Å². The number of hydrogen-bond donors (Lipinski definition) is 1. The lowest BCUT2D eigenvalue weighted by Crippen LogP contribution is -2.29. The van der Waals surface area contributed by atoms with Gasteiger partial charge in [-0.1, -0.05) is 29.8 Å². The van der Waals surface area contributed by atoms with Crippen LogP contribution in [0.1, 0.15) is 0 Å². The summed E-state index contributed by atoms with van der Waals surface area (Å²) in [5, 5.41) is 4.44. The molecule has 10 nitrogen and oxygen atoms in total. The van der Waals surface area contributed by atoms with E-state index in [1.807, 2.05) is 56.0 Å². The van der Waals surface area contributed by atoms with Gasteiger partial charge in [-0.05, 0) is 38.4 Å². The normalized spacial score (nSPS) is 11.2. The SMILES string of the molecule is C=CC(=O)Nc1cc(-c2cc3c(cn2)cc(-c2c(Cl)c(OC)cc(OC)c2Cl)c2nccn23)c(OC)cc1N(C)CCN(C)C. The summed E-state index contributed by atoms with van der Waals surface area (Å²) < 4.78 is 18.8. The maximum atomic E-state index is 12.4. The average Bonchev–Trinajstić information content (AvgIpc) is 3.54. The highest BCUT2D eigenvalue weighted by Crippen LogP contribution is 2.48. The number of halogens is 2. The number of likely N-dealkylation sites (N-methyl/N-ethyl adjacent to an activating group) is 2. The molecule has 1 amide bonds. The van der Waals surface area contributed by atoms with E-state index in [0.717, 1.165) is 29.7 Å². The molecule has 0 spiro atoms. The van der Waals surface area contributed by atoms with Crippen LogP contribution in [0.3, 0.4) is 0 Å². The highest BCUT2D eigenvalue weighted by molar-refractivity contribution is 6.41. The Morgan fingerprint density at radius 2 is 1.62 bits per heavy atom. The van der Waals surface area contributed by atoms with E-state index in [1.54, 1.807) is 25.6 Å². The van der Waals surface area contributed by atoms with Gasteiger partial charge in [0.1, 0.15) is 22.9 Å². The Morgan fingerprint density at radius 1 is 0.933 bits per heavy atom. The molecule has 5 aromatic rings. The van der Waals surface area contributed by atoms with Gasteiger partial charge in [0, 0.05) is 72.9 Å². The Labute approximate surface area is 271 Å². The van der Waals surface area contributed by atoms with Crippen LogP contribution in [0.15, 0.2) is 61.6 Å². The molecule has 0 atom stereocenters. The molecule has 0 aliphatic rings. The van der Waals surface area contributed by atoms with Gasteiger partial charge in [-0.2, -0.15) is 0 Å². The van der Waals surface area contributed by atoms with Gasteiger partial charge in [0.05, 0.1) is 54.0 Å². The number of pyridine rings is 2. The third-order valence-corrected chi connectivity index (χ3v) is 8.28. The predicted molar refractivity (Wildman–Crippen MR) is 182 cm³/mol. The Kier molecular flexibility index (Phi) is 9.38. The van der Waals surface area contributed by atoms with Crippen LogP contribution in [0.2, 0.25) is 10.0 Å². The zero-order valence-corrected chi connectivity index (χ0v) is 27.5. The smallest absolute Gasteiger partial charge is 0.247 e. The van der Waals surface area contributed by atoms with Gasteiger partial charge >= 0.3 is 0 Å². The first-order valence-corrected chi connectivity index (χ1v) is 14.7. The number of carbonyl (C=O) groups is 1. The number of nitrogens with zero attached hydrogens (tertiary/aromatic N) is 5. The summed E-state index contributed by atoms with van der Waals surface area (Å²) in [5.74, 6) is 1.13. The summed E-state index contributed by atoms with van der Waals surface area (Å²) in [6, 6.07) is 9.32.